The summed E-state index contributed by atoms with van der Waals surface area (Å²) in [4.78, 5) is 16.8. The fourth-order valence-corrected chi connectivity index (χ4v) is 3.55. The second kappa shape index (κ2) is 11.2. The van der Waals surface area contributed by atoms with E-state index in [1.165, 1.54) is 0 Å². The van der Waals surface area contributed by atoms with Crippen molar-refractivity contribution in [1.82, 2.24) is 19.6 Å². The predicted molar refractivity (Wildman–Crippen MR) is 125 cm³/mol. The molecule has 3 N–H and O–H groups in total. The van der Waals surface area contributed by atoms with E-state index < -0.39 is 0 Å². The maximum absolute atomic E-state index is 12.0. The van der Waals surface area contributed by atoms with Crippen LogP contribution in [-0.4, -0.2) is 58.3 Å². The van der Waals surface area contributed by atoms with Crippen LogP contribution < -0.4 is 15.8 Å². The number of carbonyl (C=O) groups is 1. The predicted octanol–water partition coefficient (Wildman–Crippen LogP) is 3.14. The van der Waals surface area contributed by atoms with Crippen LogP contribution in [0.25, 0.3) is 16.7 Å². The number of ketones is 1. The van der Waals surface area contributed by atoms with Gasteiger partial charge in [0, 0.05) is 26.1 Å². The smallest absolute Gasteiger partial charge is 0.204 e. The number of hydrogen-bond donors (Lipinski definition) is 2. The second-order valence-electron chi connectivity index (χ2n) is 8.33. The van der Waals surface area contributed by atoms with E-state index >= 15 is 0 Å². The number of benzene rings is 1. The monoisotopic (exact) mass is 442 g/mol. The van der Waals surface area contributed by atoms with Gasteiger partial charge in [-0.05, 0) is 37.8 Å². The van der Waals surface area contributed by atoms with E-state index in [0.717, 1.165) is 48.4 Å². The lowest BCUT2D eigenvalue weighted by molar-refractivity contribution is -0.121. The molecule has 0 aliphatic rings. The number of anilines is 1. The number of nitrogens with zero attached hydrogens (tertiary/aromatic N) is 4. The van der Waals surface area contributed by atoms with Crippen LogP contribution in [-0.2, 0) is 9.53 Å². The first-order valence-corrected chi connectivity index (χ1v) is 11.2. The topological polar surface area (TPSA) is 117 Å². The first kappa shape index (κ1) is 23.9. The summed E-state index contributed by atoms with van der Waals surface area (Å²) in [6.07, 6.45) is 3.24. The number of fused-ring (bicyclic) bond motifs is 3. The van der Waals surface area contributed by atoms with Crippen molar-refractivity contribution in [2.75, 3.05) is 32.2 Å². The molecular formula is C23H34N6O3. The normalized spacial score (nSPS) is 12.6. The van der Waals surface area contributed by atoms with Crippen molar-refractivity contribution in [3.05, 3.63) is 24.0 Å². The number of methoxy groups -OCH3 is 1. The van der Waals surface area contributed by atoms with Crippen LogP contribution in [0, 0.1) is 12.8 Å². The van der Waals surface area contributed by atoms with Gasteiger partial charge in [-0.2, -0.15) is 0 Å². The van der Waals surface area contributed by atoms with Crippen LogP contribution in [0.5, 0.6) is 5.75 Å². The number of carbonyl (C=O) groups excluding carboxylic acids is 1. The van der Waals surface area contributed by atoms with E-state index in [9.17, 15) is 4.79 Å². The van der Waals surface area contributed by atoms with Gasteiger partial charge in [0.2, 0.25) is 5.65 Å². The highest BCUT2D eigenvalue weighted by molar-refractivity contribution is 5.84. The quantitative estimate of drug-likeness (QED) is 0.388. The van der Waals surface area contributed by atoms with Crippen molar-refractivity contribution in [2.45, 2.75) is 52.5 Å². The molecule has 0 bridgehead atoms. The van der Waals surface area contributed by atoms with Crippen molar-refractivity contribution in [3.8, 4) is 5.75 Å². The minimum Gasteiger partial charge on any atom is -0.491 e. The molecule has 174 valence electrons. The maximum atomic E-state index is 12.0. The van der Waals surface area contributed by atoms with Gasteiger partial charge in [0.25, 0.3) is 0 Å². The summed E-state index contributed by atoms with van der Waals surface area (Å²) in [6, 6.07) is 5.44. The number of aromatic nitrogens is 4. The third-order valence-corrected chi connectivity index (χ3v) is 5.50. The SMILES string of the molecule is COCCOc1ccc2c(c1)nc(NCCCCCC(=O)[C@@H](N)C(C)C)c1nnc(C)n12. The molecule has 3 aromatic rings. The third kappa shape index (κ3) is 5.72. The Morgan fingerprint density at radius 2 is 2.00 bits per heavy atom. The van der Waals surface area contributed by atoms with Crippen molar-refractivity contribution >= 4 is 28.3 Å². The van der Waals surface area contributed by atoms with Crippen LogP contribution in [0.15, 0.2) is 18.2 Å². The van der Waals surface area contributed by atoms with Gasteiger partial charge in [0.15, 0.2) is 5.82 Å². The fourth-order valence-electron chi connectivity index (χ4n) is 3.55. The number of nitrogens with one attached hydrogen (secondary N) is 1. The van der Waals surface area contributed by atoms with Crippen LogP contribution >= 0.6 is 0 Å². The first-order chi connectivity index (χ1) is 15.4. The minimum atomic E-state index is -0.359. The Kier molecular flexibility index (Phi) is 8.35. The zero-order valence-corrected chi connectivity index (χ0v) is 19.4. The second-order valence-corrected chi connectivity index (χ2v) is 8.33. The van der Waals surface area contributed by atoms with Crippen molar-refractivity contribution in [2.24, 2.45) is 11.7 Å². The maximum Gasteiger partial charge on any atom is 0.204 e. The lowest BCUT2D eigenvalue weighted by Crippen LogP contribution is -2.35. The Balaban J connectivity index is 1.64. The highest BCUT2D eigenvalue weighted by atomic mass is 16.5. The molecule has 0 aliphatic carbocycles. The molecule has 0 amide bonds. The van der Waals surface area contributed by atoms with Gasteiger partial charge < -0.3 is 20.5 Å². The molecule has 0 aliphatic heterocycles. The van der Waals surface area contributed by atoms with Crippen LogP contribution in [0.2, 0.25) is 0 Å². The van der Waals surface area contributed by atoms with Gasteiger partial charge in [0.05, 0.1) is 23.7 Å². The molecule has 2 heterocycles. The molecule has 1 atom stereocenters. The molecule has 9 heteroatoms. The van der Waals surface area contributed by atoms with Gasteiger partial charge in [-0.25, -0.2) is 4.98 Å². The number of unbranched alkanes of at least 4 members (excludes halogenated alkanes) is 2. The average molecular weight is 443 g/mol. The Labute approximate surface area is 188 Å². The van der Waals surface area contributed by atoms with E-state index in [4.69, 9.17) is 20.2 Å². The highest BCUT2D eigenvalue weighted by Crippen LogP contribution is 2.25. The average Bonchev–Trinajstić information content (AvgIpc) is 3.17. The van der Waals surface area contributed by atoms with Gasteiger partial charge in [-0.1, -0.05) is 20.3 Å². The zero-order valence-electron chi connectivity index (χ0n) is 19.4. The summed E-state index contributed by atoms with van der Waals surface area (Å²) < 4.78 is 12.8. The van der Waals surface area contributed by atoms with Gasteiger partial charge in [-0.15, -0.1) is 10.2 Å². The van der Waals surface area contributed by atoms with Crippen LogP contribution in [0.3, 0.4) is 0 Å². The molecule has 3 rings (SSSR count). The summed E-state index contributed by atoms with van der Waals surface area (Å²) >= 11 is 0. The van der Waals surface area contributed by atoms with Crippen molar-refractivity contribution in [3.63, 3.8) is 0 Å². The van der Waals surface area contributed by atoms with Crippen LogP contribution in [0.1, 0.15) is 45.4 Å². The molecule has 0 unspecified atom stereocenters. The summed E-state index contributed by atoms with van der Waals surface area (Å²) in [5.41, 5.74) is 8.34. The first-order valence-electron chi connectivity index (χ1n) is 11.2. The molecule has 1 aromatic carbocycles. The van der Waals surface area contributed by atoms with Crippen molar-refractivity contribution in [1.29, 1.82) is 0 Å². The molecular weight excluding hydrogens is 408 g/mol. The van der Waals surface area contributed by atoms with Crippen LogP contribution in [0.4, 0.5) is 5.82 Å². The van der Waals surface area contributed by atoms with Gasteiger partial charge in [-0.3, -0.25) is 9.20 Å². The number of hydrogen-bond acceptors (Lipinski definition) is 8. The van der Waals surface area contributed by atoms with E-state index in [2.05, 4.69) is 15.5 Å². The number of nitrogens with two attached hydrogens (primary N) is 1. The molecule has 0 radical (unpaired) electrons. The molecule has 32 heavy (non-hydrogen) atoms. The Bertz CT molecular complexity index is 1050. The molecule has 0 fully saturated rings. The largest absolute Gasteiger partial charge is 0.491 e. The Morgan fingerprint density at radius 1 is 1.19 bits per heavy atom. The summed E-state index contributed by atoms with van der Waals surface area (Å²) in [5, 5.41) is 11.9. The Hall–Kier alpha value is -2.78. The fraction of sp³-hybridized carbons (Fsp3) is 0.565. The van der Waals surface area contributed by atoms with E-state index in [1.54, 1.807) is 7.11 Å². The molecule has 9 nitrogen and oxygen atoms in total. The van der Waals surface area contributed by atoms with E-state index in [-0.39, 0.29) is 17.7 Å². The summed E-state index contributed by atoms with van der Waals surface area (Å²) in [6.45, 7) is 7.61. The third-order valence-electron chi connectivity index (χ3n) is 5.50. The summed E-state index contributed by atoms with van der Waals surface area (Å²) in [7, 11) is 1.65. The zero-order chi connectivity index (χ0) is 23.1. The number of Topliss-reactive ketones (excluding diaryl/α,β-unsaturated/α-hetero) is 1. The van der Waals surface area contributed by atoms with E-state index in [1.807, 2.05) is 43.4 Å². The molecule has 0 saturated heterocycles. The molecule has 0 saturated carbocycles. The lowest BCUT2D eigenvalue weighted by Gasteiger charge is -2.14. The standard InChI is InChI=1S/C23H34N6O3/c1-15(2)21(24)20(30)8-6-5-7-11-25-22-23-28-27-16(3)29(23)19-10-9-17(14-18(19)26-22)32-13-12-31-4/h9-10,14-15,21H,5-8,11-13,24H2,1-4H3,(H,25,26)/t21-/m0/s1. The van der Waals surface area contributed by atoms with E-state index in [0.29, 0.717) is 31.1 Å². The number of rotatable bonds is 13. The minimum absolute atomic E-state index is 0.147. The van der Waals surface area contributed by atoms with Crippen molar-refractivity contribution < 1.29 is 14.3 Å². The number of ether oxygens (including phenoxy) is 2. The molecule has 2 aromatic heterocycles. The molecule has 0 spiro atoms. The highest BCUT2D eigenvalue weighted by Gasteiger charge is 2.16. The van der Waals surface area contributed by atoms with Gasteiger partial charge in [0.1, 0.15) is 24.0 Å². The number of aryl methyl sites for hydroxylation is 1. The Morgan fingerprint density at radius 3 is 2.75 bits per heavy atom. The van der Waals surface area contributed by atoms with Gasteiger partial charge >= 0.3 is 0 Å². The lowest BCUT2D eigenvalue weighted by atomic mass is 9.97. The summed E-state index contributed by atoms with van der Waals surface area (Å²) in [5.74, 6) is 2.55.